The van der Waals surface area contributed by atoms with E-state index < -0.39 is 99.4 Å². The second kappa shape index (κ2) is 14.3. The lowest BCUT2D eigenvalue weighted by molar-refractivity contribution is -0.143. The molecule has 3 fully saturated rings. The fourth-order valence-electron chi connectivity index (χ4n) is 9.46. The molecule has 0 aromatic heterocycles. The van der Waals surface area contributed by atoms with Crippen molar-refractivity contribution >= 4 is 46.6 Å². The molecule has 4 aliphatic rings. The molecule has 312 valence electrons. The third kappa shape index (κ3) is 6.23. The SMILES string of the molecule is COc1cc(O)c([C@H]2C3=CC[C@@H]4C(=O)N(c5cc(C(F)(F)F)cc(C(F)(F)F)c5)C(=O)[C@@H]4[C@@H]3C[C@H]3C(=O)N(Nc4ccc(F)cc4)C(=O)[C@@]23c2ccc(Cl)cc2)c(OC)c1. The van der Waals surface area contributed by atoms with E-state index in [4.69, 9.17) is 21.1 Å². The lowest BCUT2D eigenvalue weighted by atomic mass is 9.49. The minimum absolute atomic E-state index is 0.0168. The van der Waals surface area contributed by atoms with Crippen LogP contribution in [0.5, 0.6) is 17.2 Å². The number of ether oxygens (including phenoxy) is 2. The first-order valence-corrected chi connectivity index (χ1v) is 18.7. The quantitative estimate of drug-likeness (QED) is 0.108. The van der Waals surface area contributed by atoms with Crippen LogP contribution in [-0.4, -0.2) is 48.0 Å². The Kier molecular flexibility index (Phi) is 9.68. The monoisotopic (exact) mass is 857 g/mol. The van der Waals surface area contributed by atoms with Crippen LogP contribution in [0.25, 0.3) is 0 Å². The van der Waals surface area contributed by atoms with Gasteiger partial charge in [0, 0.05) is 28.6 Å². The van der Waals surface area contributed by atoms with E-state index in [-0.39, 0.29) is 57.8 Å². The first-order chi connectivity index (χ1) is 28.3. The molecule has 2 aliphatic heterocycles. The maximum atomic E-state index is 15.4. The largest absolute Gasteiger partial charge is 0.507 e. The molecule has 4 aromatic carbocycles. The minimum atomic E-state index is -5.28. The predicted octanol–water partition coefficient (Wildman–Crippen LogP) is 8.43. The average Bonchev–Trinajstić information content (AvgIpc) is 3.58. The van der Waals surface area contributed by atoms with Crippen molar-refractivity contribution in [2.75, 3.05) is 24.5 Å². The molecule has 60 heavy (non-hydrogen) atoms. The van der Waals surface area contributed by atoms with E-state index in [1.54, 1.807) is 6.08 Å². The van der Waals surface area contributed by atoms with E-state index in [0.29, 0.717) is 17.0 Å². The Morgan fingerprint density at radius 2 is 1.43 bits per heavy atom. The molecule has 4 aromatic rings. The van der Waals surface area contributed by atoms with Crippen molar-refractivity contribution < 1.29 is 64.5 Å². The van der Waals surface area contributed by atoms with Gasteiger partial charge in [-0.05, 0) is 78.9 Å². The van der Waals surface area contributed by atoms with Gasteiger partial charge in [0.05, 0.1) is 59.9 Å². The van der Waals surface area contributed by atoms with Crippen LogP contribution in [0.4, 0.5) is 42.1 Å². The van der Waals surface area contributed by atoms with Crippen LogP contribution in [0.2, 0.25) is 5.02 Å². The molecule has 2 N–H and O–H groups in total. The number of nitrogens with zero attached hydrogens (tertiary/aromatic N) is 2. The van der Waals surface area contributed by atoms with Crippen molar-refractivity contribution in [2.45, 2.75) is 36.5 Å². The Morgan fingerprint density at radius 1 is 0.800 bits per heavy atom. The number of methoxy groups -OCH3 is 2. The first kappa shape index (κ1) is 40.7. The van der Waals surface area contributed by atoms with Crippen LogP contribution in [0, 0.1) is 29.5 Å². The smallest absolute Gasteiger partial charge is 0.416 e. The molecular formula is C42H31ClF7N3O7. The van der Waals surface area contributed by atoms with Gasteiger partial charge in [0.25, 0.3) is 11.8 Å². The maximum Gasteiger partial charge on any atom is 0.416 e. The highest BCUT2D eigenvalue weighted by molar-refractivity contribution is 6.30. The molecule has 1 saturated carbocycles. The molecule has 4 amide bonds. The van der Waals surface area contributed by atoms with E-state index >= 15 is 4.79 Å². The van der Waals surface area contributed by atoms with Crippen LogP contribution in [-0.2, 0) is 36.9 Å². The summed E-state index contributed by atoms with van der Waals surface area (Å²) in [6.07, 6.45) is -9.61. The molecule has 2 aliphatic carbocycles. The highest BCUT2D eigenvalue weighted by Crippen LogP contribution is 2.66. The number of phenols is 1. The topological polar surface area (TPSA) is 125 Å². The number of anilines is 2. The number of carbonyl (C=O) groups excluding carboxylic acids is 4. The van der Waals surface area contributed by atoms with Gasteiger partial charge in [-0.1, -0.05) is 35.4 Å². The minimum Gasteiger partial charge on any atom is -0.507 e. The molecule has 2 saturated heterocycles. The molecule has 8 rings (SSSR count). The number of halogens is 8. The van der Waals surface area contributed by atoms with Crippen molar-refractivity contribution in [2.24, 2.45) is 23.7 Å². The van der Waals surface area contributed by atoms with E-state index in [1.807, 2.05) is 0 Å². The van der Waals surface area contributed by atoms with Crippen molar-refractivity contribution in [3.63, 3.8) is 0 Å². The summed E-state index contributed by atoms with van der Waals surface area (Å²) < 4.78 is 109. The van der Waals surface area contributed by atoms with Crippen molar-refractivity contribution in [3.8, 4) is 17.2 Å². The number of fused-ring (bicyclic) bond motifs is 4. The van der Waals surface area contributed by atoms with Crippen LogP contribution in [0.15, 0.2) is 90.5 Å². The van der Waals surface area contributed by atoms with E-state index in [9.17, 15) is 50.2 Å². The molecule has 0 spiro atoms. The molecule has 10 nitrogen and oxygen atoms in total. The van der Waals surface area contributed by atoms with Gasteiger partial charge in [0.15, 0.2) is 0 Å². The van der Waals surface area contributed by atoms with Gasteiger partial charge in [0.1, 0.15) is 23.1 Å². The number of rotatable bonds is 7. The summed E-state index contributed by atoms with van der Waals surface area (Å²) in [6, 6.07) is 13.9. The number of nitrogens with one attached hydrogen (secondary N) is 1. The van der Waals surface area contributed by atoms with Gasteiger partial charge in [-0.25, -0.2) is 9.29 Å². The summed E-state index contributed by atoms with van der Waals surface area (Å²) in [4.78, 5) is 59.3. The Bertz CT molecular complexity index is 2460. The van der Waals surface area contributed by atoms with Crippen molar-refractivity contribution in [3.05, 3.63) is 124 Å². The Balaban J connectivity index is 1.34. The second-order valence-electron chi connectivity index (χ2n) is 14.9. The number of aromatic hydroxyl groups is 1. The van der Waals surface area contributed by atoms with Gasteiger partial charge in [-0.2, -0.15) is 31.4 Å². The normalized spacial score (nSPS) is 25.2. The lowest BCUT2D eigenvalue weighted by Crippen LogP contribution is -2.53. The number of allylic oxidation sites excluding steroid dienone is 2. The fourth-order valence-corrected chi connectivity index (χ4v) is 9.58. The number of carbonyl (C=O) groups is 4. The fraction of sp³-hybridized carbons (Fsp3) is 0.286. The molecule has 0 radical (unpaired) electrons. The zero-order valence-electron chi connectivity index (χ0n) is 31.2. The maximum absolute atomic E-state index is 15.4. The predicted molar refractivity (Wildman–Crippen MR) is 199 cm³/mol. The van der Waals surface area contributed by atoms with Crippen LogP contribution >= 0.6 is 11.6 Å². The standard InChI is InChI=1S/C42H31ClF7N3O7/c1-59-26-16-31(54)34(32(17-26)60-2)35-27-11-12-28-33(38(57)52(36(28)55)25-14-20(41(45,46)47)13-21(15-25)42(48,49)50)29(27)18-30-37(56)53(51-24-9-7-23(44)8-10-24)39(58)40(30,35)19-3-5-22(43)6-4-19/h3-11,13-17,28-30,33,35,51,54H,12,18H2,1-2H3/t28-,29+,30-,33-,35+,40+/m0/s1. The number of hydrazine groups is 1. The van der Waals surface area contributed by atoms with Crippen molar-refractivity contribution in [1.29, 1.82) is 0 Å². The molecular weight excluding hydrogens is 827 g/mol. The third-order valence-electron chi connectivity index (χ3n) is 11.9. The number of hydrogen-bond acceptors (Lipinski definition) is 8. The summed E-state index contributed by atoms with van der Waals surface area (Å²) in [5.74, 6) is -11.5. The van der Waals surface area contributed by atoms with Gasteiger partial charge >= 0.3 is 12.4 Å². The second-order valence-corrected chi connectivity index (χ2v) is 15.3. The van der Waals surface area contributed by atoms with E-state index in [0.717, 1.165) is 17.1 Å². The third-order valence-corrected chi connectivity index (χ3v) is 12.2. The first-order valence-electron chi connectivity index (χ1n) is 18.3. The number of phenolic OH excluding ortho intramolecular Hbond substituents is 1. The zero-order valence-corrected chi connectivity index (χ0v) is 32.0. The average molecular weight is 858 g/mol. The van der Waals surface area contributed by atoms with E-state index in [1.165, 1.54) is 62.8 Å². The lowest BCUT2D eigenvalue weighted by Gasteiger charge is -2.50. The number of amides is 4. The number of hydrogen-bond donors (Lipinski definition) is 2. The highest BCUT2D eigenvalue weighted by atomic mass is 35.5. The van der Waals surface area contributed by atoms with Gasteiger partial charge in [-0.15, -0.1) is 0 Å². The summed E-state index contributed by atoms with van der Waals surface area (Å²) in [5, 5.41) is 12.9. The van der Waals surface area contributed by atoms with Crippen LogP contribution in [0.3, 0.4) is 0 Å². The summed E-state index contributed by atoms with van der Waals surface area (Å²) in [6.45, 7) is 0. The van der Waals surface area contributed by atoms with Gasteiger partial charge in [0.2, 0.25) is 11.8 Å². The zero-order chi connectivity index (χ0) is 43.2. The Morgan fingerprint density at radius 3 is 2.02 bits per heavy atom. The molecule has 0 unspecified atom stereocenters. The summed E-state index contributed by atoms with van der Waals surface area (Å²) >= 11 is 6.31. The molecule has 6 atom stereocenters. The molecule has 18 heteroatoms. The Labute approximate surface area is 341 Å². The van der Waals surface area contributed by atoms with Gasteiger partial charge in [-0.3, -0.25) is 24.6 Å². The number of imide groups is 2. The summed E-state index contributed by atoms with van der Waals surface area (Å²) in [5.41, 5.74) is -3.01. The van der Waals surface area contributed by atoms with Crippen LogP contribution < -0.4 is 19.8 Å². The van der Waals surface area contributed by atoms with Crippen molar-refractivity contribution in [1.82, 2.24) is 5.01 Å². The number of benzene rings is 4. The molecule has 2 heterocycles. The highest BCUT2D eigenvalue weighted by Gasteiger charge is 2.71. The number of alkyl halides is 6. The molecule has 0 bridgehead atoms. The van der Waals surface area contributed by atoms with Gasteiger partial charge < -0.3 is 14.6 Å². The summed E-state index contributed by atoms with van der Waals surface area (Å²) in [7, 11) is 2.61. The Hall–Kier alpha value is -6.10. The van der Waals surface area contributed by atoms with Crippen LogP contribution in [0.1, 0.15) is 41.0 Å². The van der Waals surface area contributed by atoms with E-state index in [2.05, 4.69) is 5.43 Å².